The predicted octanol–water partition coefficient (Wildman–Crippen LogP) is 2.38. The van der Waals surface area contributed by atoms with Crippen molar-refractivity contribution in [1.82, 2.24) is 25.1 Å². The number of fused-ring (bicyclic) bond motifs is 1. The number of halogens is 1. The summed E-state index contributed by atoms with van der Waals surface area (Å²) < 4.78 is 14.4. The fraction of sp³-hybridized carbons (Fsp3) is 0.286. The zero-order valence-corrected chi connectivity index (χ0v) is 12.9. The maximum Gasteiger partial charge on any atom is 0.282 e. The zero-order valence-electron chi connectivity index (χ0n) is 12.1. The molecule has 2 aromatic heterocycles. The Labute approximate surface area is 130 Å². The lowest BCUT2D eigenvalue weighted by atomic mass is 10.2. The largest absolute Gasteiger partial charge is 0.346 e. The quantitative estimate of drug-likeness (QED) is 0.801. The second-order valence-corrected chi connectivity index (χ2v) is 6.08. The van der Waals surface area contributed by atoms with E-state index in [1.54, 1.807) is 16.6 Å². The first-order valence-corrected chi connectivity index (χ1v) is 7.61. The molecule has 0 radical (unpaired) electrons. The molecule has 8 heteroatoms. The van der Waals surface area contributed by atoms with Crippen LogP contribution in [0.3, 0.4) is 0 Å². The van der Waals surface area contributed by atoms with Gasteiger partial charge in [-0.25, -0.2) is 4.39 Å². The Hall–Kier alpha value is -2.35. The standard InChI is InChI=1S/C14H14FN5OS/c1-8(2)11-17-18-14-20(11)19-13(22-14)12(21)16-7-9-3-5-10(15)6-4-9/h3-6,8H,7H2,1-2H3,(H,16,21). The third-order valence-electron chi connectivity index (χ3n) is 3.09. The SMILES string of the molecule is CC(C)c1nnc2sc(C(=O)NCc3ccc(F)cc3)nn12. The Morgan fingerprint density at radius 3 is 2.73 bits per heavy atom. The molecule has 0 bridgehead atoms. The molecule has 0 aliphatic heterocycles. The van der Waals surface area contributed by atoms with Gasteiger partial charge in [0.1, 0.15) is 5.82 Å². The molecule has 3 rings (SSSR count). The lowest BCUT2D eigenvalue weighted by Crippen LogP contribution is -2.22. The van der Waals surface area contributed by atoms with Crippen molar-refractivity contribution < 1.29 is 9.18 Å². The maximum absolute atomic E-state index is 12.8. The van der Waals surface area contributed by atoms with Crippen molar-refractivity contribution >= 4 is 22.2 Å². The smallest absolute Gasteiger partial charge is 0.282 e. The van der Waals surface area contributed by atoms with Crippen LogP contribution in [0, 0.1) is 5.82 Å². The van der Waals surface area contributed by atoms with Gasteiger partial charge in [-0.05, 0) is 17.7 Å². The van der Waals surface area contributed by atoms with Crippen molar-refractivity contribution in [3.8, 4) is 0 Å². The predicted molar refractivity (Wildman–Crippen MR) is 80.3 cm³/mol. The number of aromatic nitrogens is 4. The van der Waals surface area contributed by atoms with Gasteiger partial charge in [-0.15, -0.1) is 15.3 Å². The van der Waals surface area contributed by atoms with E-state index in [0.717, 1.165) is 11.4 Å². The molecule has 1 aromatic carbocycles. The molecule has 0 spiro atoms. The number of rotatable bonds is 4. The second kappa shape index (κ2) is 5.80. The molecule has 1 N–H and O–H groups in total. The molecule has 0 atom stereocenters. The van der Waals surface area contributed by atoms with Gasteiger partial charge in [0.05, 0.1) is 0 Å². The van der Waals surface area contributed by atoms with E-state index in [4.69, 9.17) is 0 Å². The van der Waals surface area contributed by atoms with Crippen LogP contribution in [0.15, 0.2) is 24.3 Å². The van der Waals surface area contributed by atoms with E-state index in [9.17, 15) is 9.18 Å². The lowest BCUT2D eigenvalue weighted by Gasteiger charge is -2.03. The average Bonchev–Trinajstić information content (AvgIpc) is 3.06. The highest BCUT2D eigenvalue weighted by atomic mass is 32.1. The van der Waals surface area contributed by atoms with Gasteiger partial charge in [0.2, 0.25) is 9.97 Å². The molecule has 0 aliphatic carbocycles. The monoisotopic (exact) mass is 319 g/mol. The van der Waals surface area contributed by atoms with Crippen molar-refractivity contribution in [1.29, 1.82) is 0 Å². The number of carbonyl (C=O) groups excluding carboxylic acids is 1. The Balaban J connectivity index is 1.73. The van der Waals surface area contributed by atoms with E-state index < -0.39 is 0 Å². The first-order valence-electron chi connectivity index (χ1n) is 6.79. The van der Waals surface area contributed by atoms with Crippen LogP contribution >= 0.6 is 11.3 Å². The summed E-state index contributed by atoms with van der Waals surface area (Å²) in [6.45, 7) is 4.30. The first kappa shape index (κ1) is 14.6. The summed E-state index contributed by atoms with van der Waals surface area (Å²) in [5.74, 6) is 0.315. The average molecular weight is 319 g/mol. The molecular weight excluding hydrogens is 305 g/mol. The number of benzene rings is 1. The molecule has 0 unspecified atom stereocenters. The third-order valence-corrected chi connectivity index (χ3v) is 3.99. The highest BCUT2D eigenvalue weighted by Gasteiger charge is 2.18. The van der Waals surface area contributed by atoms with E-state index in [-0.39, 0.29) is 17.6 Å². The molecular formula is C14H14FN5OS. The highest BCUT2D eigenvalue weighted by Crippen LogP contribution is 2.18. The van der Waals surface area contributed by atoms with Gasteiger partial charge in [0, 0.05) is 12.5 Å². The van der Waals surface area contributed by atoms with Gasteiger partial charge in [-0.1, -0.05) is 37.3 Å². The molecule has 3 aromatic rings. The van der Waals surface area contributed by atoms with Crippen LogP contribution in [-0.2, 0) is 6.54 Å². The number of nitrogens with zero attached hydrogens (tertiary/aromatic N) is 4. The van der Waals surface area contributed by atoms with E-state index in [1.807, 2.05) is 13.8 Å². The van der Waals surface area contributed by atoms with E-state index in [0.29, 0.717) is 16.5 Å². The van der Waals surface area contributed by atoms with Crippen LogP contribution in [0.1, 0.15) is 41.0 Å². The van der Waals surface area contributed by atoms with Gasteiger partial charge in [-0.2, -0.15) is 4.52 Å². The van der Waals surface area contributed by atoms with Gasteiger partial charge in [0.25, 0.3) is 5.91 Å². The normalized spacial score (nSPS) is 11.3. The van der Waals surface area contributed by atoms with Crippen LogP contribution in [0.5, 0.6) is 0 Å². The van der Waals surface area contributed by atoms with Gasteiger partial charge in [0.15, 0.2) is 5.82 Å². The van der Waals surface area contributed by atoms with Gasteiger partial charge < -0.3 is 5.32 Å². The summed E-state index contributed by atoms with van der Waals surface area (Å²) in [5.41, 5.74) is 0.820. The van der Waals surface area contributed by atoms with E-state index in [1.165, 1.54) is 23.5 Å². The van der Waals surface area contributed by atoms with Crippen LogP contribution < -0.4 is 5.32 Å². The summed E-state index contributed by atoms with van der Waals surface area (Å²) in [6.07, 6.45) is 0. The van der Waals surface area contributed by atoms with Crippen LogP contribution in [-0.4, -0.2) is 25.7 Å². The van der Waals surface area contributed by atoms with Crippen molar-refractivity contribution in [3.63, 3.8) is 0 Å². The van der Waals surface area contributed by atoms with Crippen LogP contribution in [0.2, 0.25) is 0 Å². The minimum Gasteiger partial charge on any atom is -0.346 e. The Kier molecular flexibility index (Phi) is 3.84. The molecule has 0 saturated carbocycles. The van der Waals surface area contributed by atoms with Crippen molar-refractivity contribution in [2.45, 2.75) is 26.3 Å². The number of amides is 1. The van der Waals surface area contributed by atoms with E-state index >= 15 is 0 Å². The number of nitrogens with one attached hydrogen (secondary N) is 1. The van der Waals surface area contributed by atoms with Crippen molar-refractivity contribution in [2.24, 2.45) is 0 Å². The van der Waals surface area contributed by atoms with E-state index in [2.05, 4.69) is 20.6 Å². The van der Waals surface area contributed by atoms with Crippen LogP contribution in [0.25, 0.3) is 4.96 Å². The van der Waals surface area contributed by atoms with Crippen molar-refractivity contribution in [3.05, 3.63) is 46.5 Å². The Bertz CT molecular complexity index is 808. The molecule has 1 amide bonds. The molecule has 0 fully saturated rings. The Morgan fingerprint density at radius 2 is 2.05 bits per heavy atom. The topological polar surface area (TPSA) is 72.2 Å². The summed E-state index contributed by atoms with van der Waals surface area (Å²) in [4.78, 5) is 12.7. The summed E-state index contributed by atoms with van der Waals surface area (Å²) in [6, 6.07) is 5.98. The lowest BCUT2D eigenvalue weighted by molar-refractivity contribution is 0.0949. The fourth-order valence-corrected chi connectivity index (χ4v) is 2.71. The molecule has 114 valence electrons. The summed E-state index contributed by atoms with van der Waals surface area (Å²) in [5, 5.41) is 15.4. The highest BCUT2D eigenvalue weighted by molar-refractivity contribution is 7.18. The Morgan fingerprint density at radius 1 is 1.32 bits per heavy atom. The second-order valence-electron chi connectivity index (χ2n) is 5.12. The molecule has 22 heavy (non-hydrogen) atoms. The number of hydrogen-bond donors (Lipinski definition) is 1. The minimum atomic E-state index is -0.301. The van der Waals surface area contributed by atoms with Gasteiger partial charge >= 0.3 is 0 Å². The minimum absolute atomic E-state index is 0.173. The maximum atomic E-state index is 12.8. The molecule has 2 heterocycles. The third kappa shape index (κ3) is 2.82. The number of hydrogen-bond acceptors (Lipinski definition) is 5. The molecule has 0 saturated heterocycles. The van der Waals surface area contributed by atoms with Crippen LogP contribution in [0.4, 0.5) is 4.39 Å². The molecule has 0 aliphatic rings. The van der Waals surface area contributed by atoms with Gasteiger partial charge in [-0.3, -0.25) is 4.79 Å². The summed E-state index contributed by atoms with van der Waals surface area (Å²) >= 11 is 1.19. The first-order chi connectivity index (χ1) is 10.5. The zero-order chi connectivity index (χ0) is 15.7. The molecule has 6 nitrogen and oxygen atoms in total. The number of carbonyl (C=O) groups is 1. The van der Waals surface area contributed by atoms with Crippen molar-refractivity contribution in [2.75, 3.05) is 0 Å². The fourth-order valence-electron chi connectivity index (χ4n) is 1.94. The summed E-state index contributed by atoms with van der Waals surface area (Å²) in [7, 11) is 0.